The number of aliphatic hydroxyl groups is 2. The monoisotopic (exact) mass is 247 g/mol. The Bertz CT molecular complexity index is 192. The quantitative estimate of drug-likeness (QED) is 0.523. The van der Waals surface area contributed by atoms with Gasteiger partial charge in [0.05, 0.1) is 12.7 Å². The van der Waals surface area contributed by atoms with Crippen LogP contribution in [0.4, 0.5) is 0 Å². The van der Waals surface area contributed by atoms with Crippen LogP contribution in [0.3, 0.4) is 0 Å². The Kier molecular flexibility index (Phi) is 5.19. The van der Waals surface area contributed by atoms with Gasteiger partial charge in [-0.1, -0.05) is 15.9 Å². The first-order chi connectivity index (χ1) is 5.02. The summed E-state index contributed by atoms with van der Waals surface area (Å²) in [5, 5.41) is 17.0. The lowest BCUT2D eigenvalue weighted by Gasteiger charge is -2.07. The van der Waals surface area contributed by atoms with E-state index in [4.69, 9.17) is 10.2 Å². The van der Waals surface area contributed by atoms with Gasteiger partial charge in [-0.15, -0.1) is 0 Å². The topological polar surface area (TPSA) is 86.6 Å². The maximum atomic E-state index is 10.7. The van der Waals surface area contributed by atoms with Gasteiger partial charge in [-0.2, -0.15) is 0 Å². The van der Waals surface area contributed by atoms with Gasteiger partial charge in [0.25, 0.3) is 0 Å². The average Bonchev–Trinajstić information content (AvgIpc) is 2.00. The summed E-state index contributed by atoms with van der Waals surface area (Å²) in [5.74, 6) is 0. The molecule has 0 aromatic carbocycles. The summed E-state index contributed by atoms with van der Waals surface area (Å²) >= 11 is 2.75. The fourth-order valence-electron chi connectivity index (χ4n) is 0.326. The molecule has 0 heterocycles. The van der Waals surface area contributed by atoms with Gasteiger partial charge in [-0.3, -0.25) is 0 Å². The van der Waals surface area contributed by atoms with Crippen LogP contribution in [0.2, 0.25) is 0 Å². The summed E-state index contributed by atoms with van der Waals surface area (Å²) in [6, 6.07) is 0. The first kappa shape index (κ1) is 11.3. The molecule has 0 amide bonds. The van der Waals surface area contributed by atoms with Crippen molar-refractivity contribution < 1.29 is 18.6 Å². The van der Waals surface area contributed by atoms with Crippen LogP contribution in [0.1, 0.15) is 0 Å². The molecule has 0 fully saturated rings. The van der Waals surface area contributed by atoms with E-state index in [-0.39, 0.29) is 11.2 Å². The van der Waals surface area contributed by atoms with Crippen LogP contribution in [0.25, 0.3) is 0 Å². The van der Waals surface area contributed by atoms with Crippen LogP contribution < -0.4 is 4.72 Å². The molecule has 1 atom stereocenters. The summed E-state index contributed by atoms with van der Waals surface area (Å²) in [6.45, 7) is -0.616. The highest BCUT2D eigenvalue weighted by atomic mass is 79.9. The standard InChI is InChI=1S/C4H10BrNO4S/c5-3-11(9,10)6-1-4(8)2-7/h4,6-8H,1-3H2. The second kappa shape index (κ2) is 5.04. The average molecular weight is 248 g/mol. The van der Waals surface area contributed by atoms with Crippen molar-refractivity contribution in [3.05, 3.63) is 0 Å². The third kappa shape index (κ3) is 5.57. The second-order valence-corrected chi connectivity index (χ2v) is 5.02. The molecule has 0 aliphatic carbocycles. The van der Waals surface area contributed by atoms with E-state index in [1.807, 2.05) is 0 Å². The molecule has 68 valence electrons. The van der Waals surface area contributed by atoms with Gasteiger partial charge in [0, 0.05) is 6.54 Å². The fourth-order valence-corrected chi connectivity index (χ4v) is 1.34. The number of hydrogen-bond acceptors (Lipinski definition) is 4. The van der Waals surface area contributed by atoms with Gasteiger partial charge in [0.1, 0.15) is 4.66 Å². The number of nitrogens with one attached hydrogen (secondary N) is 1. The van der Waals surface area contributed by atoms with Gasteiger partial charge in [0.15, 0.2) is 0 Å². The van der Waals surface area contributed by atoms with Crippen LogP contribution in [-0.4, -0.2) is 42.5 Å². The van der Waals surface area contributed by atoms with E-state index in [2.05, 4.69) is 20.7 Å². The molecular weight excluding hydrogens is 238 g/mol. The van der Waals surface area contributed by atoms with E-state index in [0.29, 0.717) is 0 Å². The summed E-state index contributed by atoms with van der Waals surface area (Å²) in [7, 11) is -3.33. The molecule has 0 radical (unpaired) electrons. The Morgan fingerprint density at radius 2 is 2.09 bits per heavy atom. The SMILES string of the molecule is O=S(=O)(CBr)NCC(O)CO. The summed E-state index contributed by atoms with van der Waals surface area (Å²) < 4.78 is 23.2. The highest BCUT2D eigenvalue weighted by Crippen LogP contribution is 1.90. The van der Waals surface area contributed by atoms with Crippen LogP contribution in [0.15, 0.2) is 0 Å². The number of rotatable bonds is 5. The van der Waals surface area contributed by atoms with Gasteiger partial charge >= 0.3 is 0 Å². The van der Waals surface area contributed by atoms with E-state index >= 15 is 0 Å². The van der Waals surface area contributed by atoms with Crippen molar-refractivity contribution in [1.82, 2.24) is 4.72 Å². The first-order valence-electron chi connectivity index (χ1n) is 2.84. The Hall–Kier alpha value is 0.310. The van der Waals surface area contributed by atoms with Crippen molar-refractivity contribution in [2.75, 3.05) is 17.8 Å². The van der Waals surface area contributed by atoms with Gasteiger partial charge in [-0.05, 0) is 0 Å². The first-order valence-corrected chi connectivity index (χ1v) is 5.61. The highest BCUT2D eigenvalue weighted by Gasteiger charge is 2.09. The molecule has 0 aromatic heterocycles. The Labute approximate surface area is 73.6 Å². The minimum Gasteiger partial charge on any atom is -0.394 e. The Morgan fingerprint density at radius 3 is 2.45 bits per heavy atom. The van der Waals surface area contributed by atoms with E-state index < -0.39 is 22.7 Å². The van der Waals surface area contributed by atoms with E-state index in [1.165, 1.54) is 0 Å². The van der Waals surface area contributed by atoms with Crippen molar-refractivity contribution in [3.63, 3.8) is 0 Å². The zero-order valence-corrected chi connectivity index (χ0v) is 8.10. The number of aliphatic hydroxyl groups excluding tert-OH is 2. The normalized spacial score (nSPS) is 14.8. The number of halogens is 1. The molecule has 7 heteroatoms. The van der Waals surface area contributed by atoms with Crippen molar-refractivity contribution in [2.24, 2.45) is 0 Å². The molecule has 0 spiro atoms. The van der Waals surface area contributed by atoms with Crippen LogP contribution in [-0.2, 0) is 10.0 Å². The van der Waals surface area contributed by atoms with Crippen molar-refractivity contribution >= 4 is 26.0 Å². The molecule has 0 aliphatic heterocycles. The van der Waals surface area contributed by atoms with E-state index in [0.717, 1.165) is 0 Å². The molecule has 0 bridgehead atoms. The van der Waals surface area contributed by atoms with Crippen LogP contribution >= 0.6 is 15.9 Å². The number of sulfonamides is 1. The molecular formula is C4H10BrNO4S. The minimum absolute atomic E-state index is 0.162. The van der Waals surface area contributed by atoms with E-state index in [9.17, 15) is 8.42 Å². The molecule has 0 aliphatic rings. The third-order valence-corrected chi connectivity index (χ3v) is 3.60. The molecule has 1 unspecified atom stereocenters. The van der Waals surface area contributed by atoms with Crippen molar-refractivity contribution in [1.29, 1.82) is 0 Å². The predicted octanol–water partition coefficient (Wildman–Crippen LogP) is -1.39. The molecule has 3 N–H and O–H groups in total. The summed E-state index contributed by atoms with van der Waals surface area (Å²) in [5.41, 5.74) is 0. The maximum Gasteiger partial charge on any atom is 0.221 e. The summed E-state index contributed by atoms with van der Waals surface area (Å²) in [6.07, 6.45) is -1.04. The molecule has 0 aromatic rings. The Balaban J connectivity index is 3.71. The molecule has 5 nitrogen and oxygen atoms in total. The molecule has 0 rings (SSSR count). The van der Waals surface area contributed by atoms with Crippen LogP contribution in [0.5, 0.6) is 0 Å². The molecule has 0 saturated carbocycles. The largest absolute Gasteiger partial charge is 0.394 e. The van der Waals surface area contributed by atoms with Crippen LogP contribution in [0, 0.1) is 0 Å². The highest BCUT2D eigenvalue weighted by molar-refractivity contribution is 9.10. The zero-order valence-electron chi connectivity index (χ0n) is 5.70. The fraction of sp³-hybridized carbons (Fsp3) is 1.00. The molecule has 0 saturated heterocycles. The van der Waals surface area contributed by atoms with Gasteiger partial charge in [0.2, 0.25) is 10.0 Å². The maximum absolute atomic E-state index is 10.7. The number of hydrogen-bond donors (Lipinski definition) is 3. The van der Waals surface area contributed by atoms with E-state index in [1.54, 1.807) is 0 Å². The number of alkyl halides is 1. The minimum atomic E-state index is -3.33. The van der Waals surface area contributed by atoms with Crippen molar-refractivity contribution in [3.8, 4) is 0 Å². The lowest BCUT2D eigenvalue weighted by Crippen LogP contribution is -2.34. The smallest absolute Gasteiger partial charge is 0.221 e. The van der Waals surface area contributed by atoms with Gasteiger partial charge < -0.3 is 10.2 Å². The third-order valence-electron chi connectivity index (χ3n) is 0.893. The summed E-state index contributed by atoms with van der Waals surface area (Å²) in [4.78, 5) is 0. The zero-order chi connectivity index (χ0) is 8.91. The Morgan fingerprint density at radius 1 is 1.55 bits per heavy atom. The molecule has 11 heavy (non-hydrogen) atoms. The lowest BCUT2D eigenvalue weighted by atomic mass is 10.4. The lowest BCUT2D eigenvalue weighted by molar-refractivity contribution is 0.0988. The second-order valence-electron chi connectivity index (χ2n) is 1.91. The predicted molar refractivity (Wildman–Crippen MR) is 43.8 cm³/mol. The van der Waals surface area contributed by atoms with Gasteiger partial charge in [-0.25, -0.2) is 13.1 Å². The van der Waals surface area contributed by atoms with Crippen molar-refractivity contribution in [2.45, 2.75) is 6.10 Å².